The van der Waals surface area contributed by atoms with Gasteiger partial charge in [0.2, 0.25) is 11.8 Å². The third-order valence-electron chi connectivity index (χ3n) is 5.81. The Labute approximate surface area is 201 Å². The highest BCUT2D eigenvalue weighted by Gasteiger charge is 2.35. The number of carbonyl (C=O) groups is 1. The van der Waals surface area contributed by atoms with E-state index in [1.807, 2.05) is 32.4 Å². The van der Waals surface area contributed by atoms with Gasteiger partial charge in [-0.2, -0.15) is 0 Å². The molecule has 0 saturated heterocycles. The Morgan fingerprint density at radius 3 is 2.59 bits per heavy atom. The minimum absolute atomic E-state index is 0.0381. The summed E-state index contributed by atoms with van der Waals surface area (Å²) in [5, 5.41) is 10.7. The van der Waals surface area contributed by atoms with Crippen LogP contribution in [0.3, 0.4) is 0 Å². The highest BCUT2D eigenvalue weighted by Crippen LogP contribution is 2.34. The number of nitrogens with zero attached hydrogens (tertiary/aromatic N) is 5. The van der Waals surface area contributed by atoms with Crippen LogP contribution in [0.15, 0.2) is 16.5 Å². The molecule has 1 N–H and O–H groups in total. The molecule has 0 aliphatic carbocycles. The van der Waals surface area contributed by atoms with Crippen LogP contribution in [-0.4, -0.2) is 44.1 Å². The summed E-state index contributed by atoms with van der Waals surface area (Å²) in [6.45, 7) is 9.26. The van der Waals surface area contributed by atoms with E-state index in [0.717, 1.165) is 19.0 Å². The predicted octanol–water partition coefficient (Wildman–Crippen LogP) is 4.53. The van der Waals surface area contributed by atoms with E-state index in [-0.39, 0.29) is 28.0 Å². The lowest BCUT2D eigenvalue weighted by molar-refractivity contribution is 0.0878. The number of amides is 1. The summed E-state index contributed by atoms with van der Waals surface area (Å²) in [5.74, 6) is -1.19. The van der Waals surface area contributed by atoms with Crippen LogP contribution in [0.1, 0.15) is 61.2 Å². The molecule has 3 heterocycles. The molecule has 4 rings (SSSR count). The summed E-state index contributed by atoms with van der Waals surface area (Å²) >= 11 is 5.94. The molecular weight excluding hydrogens is 466 g/mol. The average Bonchev–Trinajstić information content (AvgIpc) is 3.26. The van der Waals surface area contributed by atoms with Gasteiger partial charge in [0.1, 0.15) is 23.5 Å². The Balaban J connectivity index is 1.80. The lowest BCUT2D eigenvalue weighted by Gasteiger charge is -2.28. The van der Waals surface area contributed by atoms with Gasteiger partial charge in [0.05, 0.1) is 16.3 Å². The summed E-state index contributed by atoms with van der Waals surface area (Å²) in [5.41, 5.74) is 0.397. The fourth-order valence-electron chi connectivity index (χ4n) is 4.08. The smallest absolute Gasteiger partial charge is 0.272 e. The molecule has 182 valence electrons. The SMILES string of the molecule is Cc1nnc([C@@H](NC(=O)c2nc(-c3cc(Cl)c(F)cc3F)n3c2CN(C)CCC3)C(C)(C)C)o1. The second-order valence-corrected chi connectivity index (χ2v) is 10.1. The zero-order valence-corrected chi connectivity index (χ0v) is 20.5. The van der Waals surface area contributed by atoms with Crippen molar-refractivity contribution in [1.29, 1.82) is 0 Å². The number of hydrogen-bond donors (Lipinski definition) is 1. The second kappa shape index (κ2) is 9.07. The zero-order valence-electron chi connectivity index (χ0n) is 19.7. The number of aromatic nitrogens is 4. The number of hydrogen-bond acceptors (Lipinski definition) is 6. The molecule has 1 atom stereocenters. The minimum Gasteiger partial charge on any atom is -0.423 e. The van der Waals surface area contributed by atoms with Gasteiger partial charge in [-0.05, 0) is 31.5 Å². The summed E-state index contributed by atoms with van der Waals surface area (Å²) in [6, 6.07) is 1.36. The van der Waals surface area contributed by atoms with Crippen molar-refractivity contribution in [1.82, 2.24) is 30.0 Å². The normalized spacial score (nSPS) is 15.6. The van der Waals surface area contributed by atoms with Crippen molar-refractivity contribution < 1.29 is 18.0 Å². The van der Waals surface area contributed by atoms with E-state index in [2.05, 4.69) is 25.4 Å². The Kier molecular flexibility index (Phi) is 6.48. The van der Waals surface area contributed by atoms with E-state index in [0.29, 0.717) is 24.7 Å². The van der Waals surface area contributed by atoms with E-state index in [1.165, 1.54) is 6.07 Å². The first-order valence-electron chi connectivity index (χ1n) is 11.0. The van der Waals surface area contributed by atoms with Crippen LogP contribution < -0.4 is 5.32 Å². The number of benzene rings is 1. The molecule has 1 aromatic carbocycles. The Morgan fingerprint density at radius 1 is 1.21 bits per heavy atom. The molecule has 1 aliphatic heterocycles. The van der Waals surface area contributed by atoms with Gasteiger partial charge in [-0.25, -0.2) is 13.8 Å². The summed E-state index contributed by atoms with van der Waals surface area (Å²) in [4.78, 5) is 20.2. The molecule has 1 amide bonds. The second-order valence-electron chi connectivity index (χ2n) is 9.65. The molecule has 34 heavy (non-hydrogen) atoms. The Bertz CT molecular complexity index is 1230. The lowest BCUT2D eigenvalue weighted by Crippen LogP contribution is -2.37. The van der Waals surface area contributed by atoms with E-state index in [9.17, 15) is 13.6 Å². The first-order valence-corrected chi connectivity index (χ1v) is 11.4. The first-order chi connectivity index (χ1) is 16.0. The molecule has 8 nitrogen and oxygen atoms in total. The molecule has 3 aromatic rings. The average molecular weight is 493 g/mol. The number of aryl methyl sites for hydroxylation is 1. The van der Waals surface area contributed by atoms with Crippen LogP contribution in [0.5, 0.6) is 0 Å². The van der Waals surface area contributed by atoms with Gasteiger partial charge in [0.25, 0.3) is 5.91 Å². The van der Waals surface area contributed by atoms with Crippen LogP contribution in [0.2, 0.25) is 5.02 Å². The van der Waals surface area contributed by atoms with E-state index < -0.39 is 29.0 Å². The number of rotatable bonds is 4. The monoisotopic (exact) mass is 492 g/mol. The maximum absolute atomic E-state index is 14.8. The van der Waals surface area contributed by atoms with Gasteiger partial charge < -0.3 is 19.2 Å². The molecule has 0 bridgehead atoms. The maximum atomic E-state index is 14.8. The molecule has 0 unspecified atom stereocenters. The van der Waals surface area contributed by atoms with Gasteiger partial charge in [-0.1, -0.05) is 32.4 Å². The molecule has 2 aromatic heterocycles. The molecule has 11 heteroatoms. The summed E-state index contributed by atoms with van der Waals surface area (Å²) in [7, 11) is 1.94. The van der Waals surface area contributed by atoms with Gasteiger partial charge in [0.15, 0.2) is 5.69 Å². The van der Waals surface area contributed by atoms with Crippen LogP contribution in [0.25, 0.3) is 11.4 Å². The number of imidazole rings is 1. The number of halogens is 3. The van der Waals surface area contributed by atoms with Crippen molar-refractivity contribution in [2.75, 3.05) is 13.6 Å². The standard InChI is InChI=1S/C23H27ClF2N6O2/c1-12-29-30-22(34-12)19(23(2,3)4)28-21(33)18-17-11-31(5)7-6-8-32(17)20(27-18)13-9-14(24)16(26)10-15(13)25/h9-10,19H,6-8,11H2,1-5H3,(H,28,33)/t19-/m1/s1. The topological polar surface area (TPSA) is 89.1 Å². The third kappa shape index (κ3) is 4.69. The van der Waals surface area contributed by atoms with Crippen LogP contribution in [0.4, 0.5) is 8.78 Å². The van der Waals surface area contributed by atoms with Crippen LogP contribution in [-0.2, 0) is 13.1 Å². The fraction of sp³-hybridized carbons (Fsp3) is 0.478. The Morgan fingerprint density at radius 2 is 1.94 bits per heavy atom. The Hall–Kier alpha value is -2.85. The van der Waals surface area contributed by atoms with E-state index >= 15 is 0 Å². The van der Waals surface area contributed by atoms with Crippen molar-refractivity contribution in [3.05, 3.63) is 52.0 Å². The zero-order chi connectivity index (χ0) is 24.8. The largest absolute Gasteiger partial charge is 0.423 e. The molecule has 1 aliphatic rings. The lowest BCUT2D eigenvalue weighted by atomic mass is 9.86. The molecular formula is C23H27ClF2N6O2. The fourth-order valence-corrected chi connectivity index (χ4v) is 4.24. The maximum Gasteiger partial charge on any atom is 0.272 e. The molecule has 0 radical (unpaired) electrons. The van der Waals surface area contributed by atoms with Gasteiger partial charge >= 0.3 is 0 Å². The number of nitrogens with one attached hydrogen (secondary N) is 1. The molecule has 0 saturated carbocycles. The highest BCUT2D eigenvalue weighted by atomic mass is 35.5. The third-order valence-corrected chi connectivity index (χ3v) is 6.10. The van der Waals surface area contributed by atoms with Crippen molar-refractivity contribution in [3.63, 3.8) is 0 Å². The predicted molar refractivity (Wildman–Crippen MR) is 122 cm³/mol. The first kappa shape index (κ1) is 24.3. The van der Waals surface area contributed by atoms with Crippen LogP contribution in [0, 0.1) is 24.0 Å². The van der Waals surface area contributed by atoms with Crippen LogP contribution >= 0.6 is 11.6 Å². The number of carbonyl (C=O) groups excluding carboxylic acids is 1. The molecule has 0 fully saturated rings. The van der Waals surface area contributed by atoms with E-state index in [1.54, 1.807) is 6.92 Å². The minimum atomic E-state index is -0.855. The van der Waals surface area contributed by atoms with E-state index in [4.69, 9.17) is 16.0 Å². The highest BCUT2D eigenvalue weighted by molar-refractivity contribution is 6.31. The summed E-state index contributed by atoms with van der Waals surface area (Å²) in [6.07, 6.45) is 0.774. The van der Waals surface area contributed by atoms with Crippen molar-refractivity contribution >= 4 is 17.5 Å². The number of fused-ring (bicyclic) bond motifs is 1. The van der Waals surface area contributed by atoms with Gasteiger partial charge in [-0.15, -0.1) is 10.2 Å². The van der Waals surface area contributed by atoms with Crippen molar-refractivity contribution in [2.45, 2.75) is 53.2 Å². The van der Waals surface area contributed by atoms with Gasteiger partial charge in [-0.3, -0.25) is 4.79 Å². The molecule has 0 spiro atoms. The quantitative estimate of drug-likeness (QED) is 0.538. The summed E-state index contributed by atoms with van der Waals surface area (Å²) < 4.78 is 36.0. The van der Waals surface area contributed by atoms with Crippen molar-refractivity contribution in [3.8, 4) is 11.4 Å². The van der Waals surface area contributed by atoms with Crippen molar-refractivity contribution in [2.24, 2.45) is 5.41 Å². The van der Waals surface area contributed by atoms with Gasteiger partial charge in [0, 0.05) is 26.1 Å².